The molecule has 122 valence electrons. The van der Waals surface area contributed by atoms with Gasteiger partial charge in [-0.25, -0.2) is 4.39 Å². The van der Waals surface area contributed by atoms with Gasteiger partial charge >= 0.3 is 0 Å². The highest BCUT2D eigenvalue weighted by Gasteiger charge is 2.17. The maximum atomic E-state index is 13.9. The zero-order valence-electron chi connectivity index (χ0n) is 13.5. The van der Waals surface area contributed by atoms with Crippen LogP contribution in [0.1, 0.15) is 41.3 Å². The van der Waals surface area contributed by atoms with Gasteiger partial charge < -0.3 is 10.1 Å². The molecule has 1 amide bonds. The standard InChI is InChI=1S/C18H19BrFNO2/c1-10(2)13-9-14(11(3)7-17(13)23-4)18(22)21-16-6-5-12(19)8-15(16)20/h5-10H,1-4H3,(H,21,22). The van der Waals surface area contributed by atoms with Crippen molar-refractivity contribution in [2.24, 2.45) is 0 Å². The molecular weight excluding hydrogens is 361 g/mol. The molecule has 0 aliphatic rings. The van der Waals surface area contributed by atoms with Crippen molar-refractivity contribution in [2.45, 2.75) is 26.7 Å². The number of carbonyl (C=O) groups excluding carboxylic acids is 1. The van der Waals surface area contributed by atoms with E-state index in [0.29, 0.717) is 10.0 Å². The highest BCUT2D eigenvalue weighted by molar-refractivity contribution is 9.10. The van der Waals surface area contributed by atoms with Crippen LogP contribution >= 0.6 is 15.9 Å². The number of nitrogens with one attached hydrogen (secondary N) is 1. The Bertz CT molecular complexity index is 744. The van der Waals surface area contributed by atoms with Crippen LogP contribution in [0.25, 0.3) is 0 Å². The summed E-state index contributed by atoms with van der Waals surface area (Å²) in [5.41, 5.74) is 2.39. The van der Waals surface area contributed by atoms with E-state index in [2.05, 4.69) is 21.2 Å². The quantitative estimate of drug-likeness (QED) is 0.784. The first-order valence-electron chi connectivity index (χ1n) is 7.28. The van der Waals surface area contributed by atoms with Crippen LogP contribution in [0.5, 0.6) is 5.75 Å². The zero-order valence-corrected chi connectivity index (χ0v) is 15.1. The van der Waals surface area contributed by atoms with Gasteiger partial charge in [0.25, 0.3) is 5.91 Å². The van der Waals surface area contributed by atoms with Crippen LogP contribution in [-0.4, -0.2) is 13.0 Å². The normalized spacial score (nSPS) is 10.7. The van der Waals surface area contributed by atoms with Gasteiger partial charge in [-0.2, -0.15) is 0 Å². The van der Waals surface area contributed by atoms with E-state index in [1.165, 1.54) is 12.1 Å². The molecule has 0 aliphatic heterocycles. The second kappa shape index (κ2) is 7.13. The summed E-state index contributed by atoms with van der Waals surface area (Å²) in [7, 11) is 1.61. The van der Waals surface area contributed by atoms with Gasteiger partial charge in [0.15, 0.2) is 0 Å². The summed E-state index contributed by atoms with van der Waals surface area (Å²) in [6.45, 7) is 5.89. The fourth-order valence-corrected chi connectivity index (χ4v) is 2.68. The number of methoxy groups -OCH3 is 1. The number of amides is 1. The third-order valence-corrected chi connectivity index (χ3v) is 4.12. The summed E-state index contributed by atoms with van der Waals surface area (Å²) in [4.78, 5) is 12.5. The van der Waals surface area contributed by atoms with Crippen LogP contribution in [0.2, 0.25) is 0 Å². The van der Waals surface area contributed by atoms with Crippen LogP contribution in [0.4, 0.5) is 10.1 Å². The Kier molecular flexibility index (Phi) is 5.42. The summed E-state index contributed by atoms with van der Waals surface area (Å²) < 4.78 is 19.9. The molecule has 0 fully saturated rings. The van der Waals surface area contributed by atoms with Gasteiger partial charge in [-0.05, 0) is 54.3 Å². The molecule has 23 heavy (non-hydrogen) atoms. The van der Waals surface area contributed by atoms with Crippen LogP contribution in [0, 0.1) is 12.7 Å². The van der Waals surface area contributed by atoms with E-state index < -0.39 is 5.82 Å². The summed E-state index contributed by atoms with van der Waals surface area (Å²) in [5, 5.41) is 2.62. The number of rotatable bonds is 4. The van der Waals surface area contributed by atoms with Gasteiger partial charge in [0, 0.05) is 10.0 Å². The topological polar surface area (TPSA) is 38.3 Å². The lowest BCUT2D eigenvalue weighted by Crippen LogP contribution is -2.15. The molecule has 0 unspecified atom stereocenters. The SMILES string of the molecule is COc1cc(C)c(C(=O)Nc2ccc(Br)cc2F)cc1C(C)C. The molecule has 0 saturated heterocycles. The number of halogens is 2. The lowest BCUT2D eigenvalue weighted by atomic mass is 9.96. The maximum absolute atomic E-state index is 13.9. The number of hydrogen-bond acceptors (Lipinski definition) is 2. The number of aryl methyl sites for hydroxylation is 1. The van der Waals surface area contributed by atoms with Crippen LogP contribution in [-0.2, 0) is 0 Å². The molecule has 5 heteroatoms. The van der Waals surface area contributed by atoms with Crippen LogP contribution < -0.4 is 10.1 Å². The van der Waals surface area contributed by atoms with Crippen LogP contribution in [0.3, 0.4) is 0 Å². The molecular formula is C18H19BrFNO2. The molecule has 0 atom stereocenters. The lowest BCUT2D eigenvalue weighted by Gasteiger charge is -2.16. The molecule has 0 radical (unpaired) electrons. The predicted molar refractivity (Wildman–Crippen MR) is 93.9 cm³/mol. The molecule has 0 spiro atoms. The first kappa shape index (κ1) is 17.5. The van der Waals surface area contributed by atoms with E-state index in [-0.39, 0.29) is 17.5 Å². The fraction of sp³-hybridized carbons (Fsp3) is 0.278. The molecule has 0 bridgehead atoms. The zero-order chi connectivity index (χ0) is 17.1. The number of benzene rings is 2. The first-order chi connectivity index (χ1) is 10.8. The van der Waals surface area contributed by atoms with Crippen molar-refractivity contribution in [3.05, 3.63) is 57.3 Å². The Morgan fingerprint density at radius 2 is 1.96 bits per heavy atom. The number of hydrogen-bond donors (Lipinski definition) is 1. The van der Waals surface area contributed by atoms with Crippen molar-refractivity contribution in [1.82, 2.24) is 0 Å². The van der Waals surface area contributed by atoms with Gasteiger partial charge in [0.2, 0.25) is 0 Å². The van der Waals surface area contributed by atoms with Gasteiger partial charge in [0.05, 0.1) is 12.8 Å². The fourth-order valence-electron chi connectivity index (χ4n) is 2.35. The smallest absolute Gasteiger partial charge is 0.256 e. The van der Waals surface area contributed by atoms with Gasteiger partial charge in [-0.15, -0.1) is 0 Å². The molecule has 2 aromatic rings. The minimum Gasteiger partial charge on any atom is -0.496 e. The van der Waals surface area contributed by atoms with E-state index in [4.69, 9.17) is 4.74 Å². The average molecular weight is 380 g/mol. The average Bonchev–Trinajstić information content (AvgIpc) is 2.49. The minimum absolute atomic E-state index is 0.152. The third kappa shape index (κ3) is 3.91. The Morgan fingerprint density at radius 3 is 2.52 bits per heavy atom. The molecule has 1 N–H and O–H groups in total. The molecule has 2 rings (SSSR count). The first-order valence-corrected chi connectivity index (χ1v) is 8.07. The highest BCUT2D eigenvalue weighted by atomic mass is 79.9. The summed E-state index contributed by atoms with van der Waals surface area (Å²) in [6.07, 6.45) is 0. The van der Waals surface area contributed by atoms with Crippen molar-refractivity contribution in [3.8, 4) is 5.75 Å². The third-order valence-electron chi connectivity index (χ3n) is 3.62. The number of ether oxygens (including phenoxy) is 1. The van der Waals surface area contributed by atoms with Crippen molar-refractivity contribution in [2.75, 3.05) is 12.4 Å². The van der Waals surface area contributed by atoms with Crippen molar-refractivity contribution in [3.63, 3.8) is 0 Å². The molecule has 3 nitrogen and oxygen atoms in total. The molecule has 0 saturated carbocycles. The highest BCUT2D eigenvalue weighted by Crippen LogP contribution is 2.30. The molecule has 0 aromatic heterocycles. The van der Waals surface area contributed by atoms with Crippen molar-refractivity contribution >= 4 is 27.5 Å². The van der Waals surface area contributed by atoms with E-state index >= 15 is 0 Å². The van der Waals surface area contributed by atoms with Gasteiger partial charge in [-0.1, -0.05) is 29.8 Å². The van der Waals surface area contributed by atoms with Gasteiger partial charge in [0.1, 0.15) is 11.6 Å². The van der Waals surface area contributed by atoms with E-state index in [1.54, 1.807) is 13.2 Å². The number of carbonyl (C=O) groups is 1. The van der Waals surface area contributed by atoms with E-state index in [0.717, 1.165) is 16.9 Å². The predicted octanol–water partition coefficient (Wildman–Crippen LogP) is 5.28. The van der Waals surface area contributed by atoms with Gasteiger partial charge in [-0.3, -0.25) is 4.79 Å². The van der Waals surface area contributed by atoms with Crippen LogP contribution in [0.15, 0.2) is 34.8 Å². The maximum Gasteiger partial charge on any atom is 0.256 e. The monoisotopic (exact) mass is 379 g/mol. The molecule has 2 aromatic carbocycles. The summed E-state index contributed by atoms with van der Waals surface area (Å²) >= 11 is 3.19. The second-order valence-electron chi connectivity index (χ2n) is 5.64. The summed E-state index contributed by atoms with van der Waals surface area (Å²) in [5.74, 6) is 0.140. The Balaban J connectivity index is 2.37. The minimum atomic E-state index is -0.483. The largest absolute Gasteiger partial charge is 0.496 e. The second-order valence-corrected chi connectivity index (χ2v) is 6.56. The summed E-state index contributed by atoms with van der Waals surface area (Å²) in [6, 6.07) is 8.17. The number of anilines is 1. The Morgan fingerprint density at radius 1 is 1.26 bits per heavy atom. The lowest BCUT2D eigenvalue weighted by molar-refractivity contribution is 0.102. The van der Waals surface area contributed by atoms with E-state index in [1.807, 2.05) is 32.9 Å². The van der Waals surface area contributed by atoms with Crippen molar-refractivity contribution < 1.29 is 13.9 Å². The molecule has 0 heterocycles. The molecule has 0 aliphatic carbocycles. The van der Waals surface area contributed by atoms with E-state index in [9.17, 15) is 9.18 Å². The van der Waals surface area contributed by atoms with Crippen molar-refractivity contribution in [1.29, 1.82) is 0 Å². The Labute approximate surface area is 144 Å². The Hall–Kier alpha value is -1.88.